The third-order valence-electron chi connectivity index (χ3n) is 2.01. The third kappa shape index (κ3) is 2.90. The summed E-state index contributed by atoms with van der Waals surface area (Å²) < 4.78 is 49.2. The Morgan fingerprint density at radius 2 is 2.06 bits per heavy atom. The molecule has 0 fully saturated rings. The molecule has 0 saturated carbocycles. The summed E-state index contributed by atoms with van der Waals surface area (Å²) in [4.78, 5) is 3.31. The topological polar surface area (TPSA) is 75.6 Å². The van der Waals surface area contributed by atoms with E-state index >= 15 is 0 Å². The van der Waals surface area contributed by atoms with E-state index in [0.717, 1.165) is 6.07 Å². The van der Waals surface area contributed by atoms with E-state index in [2.05, 4.69) is 10.3 Å². The number of sulfone groups is 1. The lowest BCUT2D eigenvalue weighted by Gasteiger charge is -2.10. The zero-order valence-electron chi connectivity index (χ0n) is 9.12. The molecule has 0 aliphatic rings. The molecule has 1 aromatic carbocycles. The molecule has 0 heterocycles. The number of nitrogens with one attached hydrogen (secondary N) is 1. The molecule has 0 spiro atoms. The second kappa shape index (κ2) is 4.94. The maximum atomic E-state index is 13.5. The molecule has 0 saturated heterocycles. The number of rotatable bonds is 4. The van der Waals surface area contributed by atoms with E-state index in [1.807, 2.05) is 0 Å². The lowest BCUT2D eigenvalue weighted by Crippen LogP contribution is -2.13. The van der Waals surface area contributed by atoms with Gasteiger partial charge in [0, 0.05) is 18.4 Å². The molecule has 0 aromatic heterocycles. The summed E-state index contributed by atoms with van der Waals surface area (Å²) in [6.45, 7) is -0.166. The first kappa shape index (κ1) is 13.8. The first-order chi connectivity index (χ1) is 7.79. The average Bonchev–Trinajstić information content (AvgIpc) is 2.19. The van der Waals surface area contributed by atoms with Gasteiger partial charge in [-0.05, 0) is 6.07 Å². The van der Waals surface area contributed by atoms with Crippen LogP contribution < -0.4 is 5.48 Å². The van der Waals surface area contributed by atoms with E-state index in [0.29, 0.717) is 6.26 Å². The molecule has 8 heteroatoms. The molecule has 1 aromatic rings. The summed E-state index contributed by atoms with van der Waals surface area (Å²) in [6.07, 6.45) is 0.654. The van der Waals surface area contributed by atoms with Crippen molar-refractivity contribution >= 4 is 9.84 Å². The molecule has 1 rings (SSSR count). The Kier molecular flexibility index (Phi) is 4.02. The van der Waals surface area contributed by atoms with Crippen LogP contribution in [0.3, 0.4) is 0 Å². The Bertz CT molecular complexity index is 530. The predicted molar refractivity (Wildman–Crippen MR) is 55.0 cm³/mol. The monoisotopic (exact) mass is 267 g/mol. The predicted octanol–water partition coefficient (Wildman–Crippen LogP) is 0.725. The van der Waals surface area contributed by atoms with E-state index in [9.17, 15) is 22.3 Å². The van der Waals surface area contributed by atoms with Crippen molar-refractivity contribution in [1.29, 1.82) is 0 Å². The lowest BCUT2D eigenvalue weighted by atomic mass is 10.2. The summed E-state index contributed by atoms with van der Waals surface area (Å²) in [7, 11) is -2.80. The van der Waals surface area contributed by atoms with Crippen LogP contribution in [0.4, 0.5) is 8.78 Å². The van der Waals surface area contributed by atoms with E-state index in [1.54, 1.807) is 0 Å². The smallest absolute Gasteiger partial charge is 0.186 e. The van der Waals surface area contributed by atoms with Gasteiger partial charge in [0.1, 0.15) is 10.7 Å². The highest BCUT2D eigenvalue weighted by Gasteiger charge is 2.25. The minimum Gasteiger partial charge on any atom is -0.505 e. The van der Waals surface area contributed by atoms with Crippen LogP contribution in [-0.4, -0.2) is 26.9 Å². The van der Waals surface area contributed by atoms with Crippen LogP contribution in [0.2, 0.25) is 0 Å². The molecule has 17 heavy (non-hydrogen) atoms. The van der Waals surface area contributed by atoms with Crippen molar-refractivity contribution in [3.05, 3.63) is 23.3 Å². The molecular weight excluding hydrogens is 256 g/mol. The Labute approximate surface area is 96.9 Å². The lowest BCUT2D eigenvalue weighted by molar-refractivity contribution is 0.0859. The van der Waals surface area contributed by atoms with Gasteiger partial charge in [0.15, 0.2) is 21.4 Å². The van der Waals surface area contributed by atoms with Crippen LogP contribution >= 0.6 is 0 Å². The van der Waals surface area contributed by atoms with Gasteiger partial charge in [-0.3, -0.25) is 0 Å². The van der Waals surface area contributed by atoms with Gasteiger partial charge in [-0.25, -0.2) is 17.2 Å². The van der Waals surface area contributed by atoms with E-state index in [1.165, 1.54) is 7.11 Å². The first-order valence-electron chi connectivity index (χ1n) is 4.44. The largest absolute Gasteiger partial charge is 0.505 e. The summed E-state index contributed by atoms with van der Waals surface area (Å²) in [6, 6.07) is 0.737. The Morgan fingerprint density at radius 3 is 2.53 bits per heavy atom. The van der Waals surface area contributed by atoms with Gasteiger partial charge in [0.25, 0.3) is 0 Å². The maximum absolute atomic E-state index is 13.5. The summed E-state index contributed by atoms with van der Waals surface area (Å²) in [5, 5.41) is 9.39. The van der Waals surface area contributed by atoms with Crippen molar-refractivity contribution in [1.82, 2.24) is 5.48 Å². The molecule has 0 atom stereocenters. The number of benzene rings is 1. The first-order valence-corrected chi connectivity index (χ1v) is 6.34. The van der Waals surface area contributed by atoms with Crippen molar-refractivity contribution in [3.8, 4) is 5.75 Å². The van der Waals surface area contributed by atoms with Gasteiger partial charge in [-0.1, -0.05) is 0 Å². The fourth-order valence-corrected chi connectivity index (χ4v) is 2.10. The normalized spacial score (nSPS) is 11.8. The standard InChI is InChI=1S/C9H11F2NO4S/c1-16-12-4-5-3-6(10)9(17(2,14)15)7(11)8(5)13/h3,12-13H,4H2,1-2H3. The zero-order valence-corrected chi connectivity index (χ0v) is 9.94. The van der Waals surface area contributed by atoms with Crippen molar-refractivity contribution in [2.75, 3.05) is 13.4 Å². The Morgan fingerprint density at radius 1 is 1.47 bits per heavy atom. The number of phenolic OH excluding ortho intramolecular Hbond substituents is 1. The third-order valence-corrected chi connectivity index (χ3v) is 3.12. The summed E-state index contributed by atoms with van der Waals surface area (Å²) in [5.74, 6) is -3.67. The minimum absolute atomic E-state index is 0.144. The van der Waals surface area contributed by atoms with Crippen LogP contribution in [0, 0.1) is 11.6 Å². The molecule has 0 aliphatic heterocycles. The molecule has 0 bridgehead atoms. The number of hydrogen-bond acceptors (Lipinski definition) is 5. The molecular formula is C9H11F2NO4S. The van der Waals surface area contributed by atoms with Gasteiger partial charge in [-0.15, -0.1) is 0 Å². The summed E-state index contributed by atoms with van der Waals surface area (Å²) >= 11 is 0. The van der Waals surface area contributed by atoms with Gasteiger partial charge in [0.2, 0.25) is 0 Å². The van der Waals surface area contributed by atoms with Gasteiger partial charge in [-0.2, -0.15) is 5.48 Å². The fourth-order valence-electron chi connectivity index (χ4n) is 1.26. The van der Waals surface area contributed by atoms with Crippen LogP contribution in [0.15, 0.2) is 11.0 Å². The molecule has 2 N–H and O–H groups in total. The second-order valence-electron chi connectivity index (χ2n) is 3.31. The highest BCUT2D eigenvalue weighted by atomic mass is 32.2. The van der Waals surface area contributed by atoms with Gasteiger partial charge >= 0.3 is 0 Å². The van der Waals surface area contributed by atoms with Crippen LogP contribution in [0.5, 0.6) is 5.75 Å². The van der Waals surface area contributed by atoms with Gasteiger partial charge in [0.05, 0.1) is 7.11 Å². The molecule has 0 unspecified atom stereocenters. The van der Waals surface area contributed by atoms with Crippen LogP contribution in [0.1, 0.15) is 5.56 Å². The van der Waals surface area contributed by atoms with Crippen molar-refractivity contribution in [2.24, 2.45) is 0 Å². The van der Waals surface area contributed by atoms with Crippen molar-refractivity contribution in [2.45, 2.75) is 11.4 Å². The summed E-state index contributed by atoms with van der Waals surface area (Å²) in [5.41, 5.74) is 2.13. The quantitative estimate of drug-likeness (QED) is 0.786. The van der Waals surface area contributed by atoms with E-state index in [4.69, 9.17) is 0 Å². The number of halogens is 2. The number of aromatic hydroxyl groups is 1. The zero-order chi connectivity index (χ0) is 13.2. The Balaban J connectivity index is 3.37. The van der Waals surface area contributed by atoms with Crippen LogP contribution in [0.25, 0.3) is 0 Å². The number of hydroxylamine groups is 1. The second-order valence-corrected chi connectivity index (χ2v) is 5.26. The molecule has 0 aliphatic carbocycles. The maximum Gasteiger partial charge on any atom is 0.186 e. The van der Waals surface area contributed by atoms with Crippen LogP contribution in [-0.2, 0) is 21.2 Å². The SMILES string of the molecule is CONCc1cc(F)c(S(C)(=O)=O)c(F)c1O. The fraction of sp³-hybridized carbons (Fsp3) is 0.333. The van der Waals surface area contributed by atoms with E-state index < -0.39 is 32.1 Å². The van der Waals surface area contributed by atoms with E-state index in [-0.39, 0.29) is 12.1 Å². The van der Waals surface area contributed by atoms with Gasteiger partial charge < -0.3 is 9.94 Å². The number of hydrogen-bond donors (Lipinski definition) is 2. The highest BCUT2D eigenvalue weighted by molar-refractivity contribution is 7.90. The molecule has 5 nitrogen and oxygen atoms in total. The van der Waals surface area contributed by atoms with Crippen molar-refractivity contribution in [3.63, 3.8) is 0 Å². The minimum atomic E-state index is -4.09. The Hall–Kier alpha value is -1.25. The van der Waals surface area contributed by atoms with Crippen molar-refractivity contribution < 1.29 is 27.1 Å². The average molecular weight is 267 g/mol. The molecule has 0 radical (unpaired) electrons. The molecule has 96 valence electrons. The highest BCUT2D eigenvalue weighted by Crippen LogP contribution is 2.29. The number of phenols is 1. The molecule has 0 amide bonds.